The van der Waals surface area contributed by atoms with Crippen molar-refractivity contribution in [3.05, 3.63) is 28.1 Å². The zero-order valence-electron chi connectivity index (χ0n) is 12.9. The monoisotopic (exact) mass is 346 g/mol. The third-order valence-corrected chi connectivity index (χ3v) is 5.08. The Hall–Kier alpha value is -1.61. The molecule has 1 saturated heterocycles. The zero-order valence-corrected chi connectivity index (χ0v) is 13.7. The summed E-state index contributed by atoms with van der Waals surface area (Å²) in [4.78, 5) is 7.43. The minimum absolute atomic E-state index is 0.439. The van der Waals surface area contributed by atoms with E-state index in [4.69, 9.17) is 4.52 Å². The van der Waals surface area contributed by atoms with Gasteiger partial charge in [0.2, 0.25) is 0 Å². The molecule has 3 rings (SSSR count). The van der Waals surface area contributed by atoms with Gasteiger partial charge < -0.3 is 9.42 Å². The summed E-state index contributed by atoms with van der Waals surface area (Å²) in [6.45, 7) is 7.41. The molecular formula is C14H17F3N4OS. The summed E-state index contributed by atoms with van der Waals surface area (Å²) >= 11 is 0.704. The van der Waals surface area contributed by atoms with Crippen molar-refractivity contribution in [3.63, 3.8) is 0 Å². The Morgan fingerprint density at radius 2 is 1.91 bits per heavy atom. The third-order valence-electron chi connectivity index (χ3n) is 3.98. The molecule has 2 aromatic heterocycles. The number of anilines is 1. The normalized spacial score (nSPS) is 17.0. The lowest BCUT2D eigenvalue weighted by molar-refractivity contribution is -0.134. The molecule has 1 aliphatic heterocycles. The Bertz CT molecular complexity index is 654. The Balaban J connectivity index is 1.59. The number of piperazine rings is 1. The molecule has 0 unspecified atom stereocenters. The van der Waals surface area contributed by atoms with Crippen LogP contribution in [0.1, 0.15) is 21.9 Å². The van der Waals surface area contributed by atoms with Gasteiger partial charge in [-0.15, -0.1) is 0 Å². The van der Waals surface area contributed by atoms with Crippen molar-refractivity contribution in [1.29, 1.82) is 0 Å². The molecule has 0 aromatic carbocycles. The highest BCUT2D eigenvalue weighted by Gasteiger charge is 2.34. The van der Waals surface area contributed by atoms with E-state index in [1.54, 1.807) is 0 Å². The minimum Gasteiger partial charge on any atom is -0.361 e. The molecule has 9 heteroatoms. The molecule has 0 amide bonds. The van der Waals surface area contributed by atoms with Crippen LogP contribution in [0.15, 0.2) is 10.7 Å². The minimum atomic E-state index is -4.32. The topological polar surface area (TPSA) is 45.4 Å². The molecule has 0 aliphatic carbocycles. The van der Waals surface area contributed by atoms with E-state index in [0.717, 1.165) is 42.8 Å². The second kappa shape index (κ2) is 6.12. The van der Waals surface area contributed by atoms with Gasteiger partial charge >= 0.3 is 6.18 Å². The first-order chi connectivity index (χ1) is 10.8. The van der Waals surface area contributed by atoms with Gasteiger partial charge in [0.25, 0.3) is 0 Å². The summed E-state index contributed by atoms with van der Waals surface area (Å²) in [5.41, 5.74) is 1.98. The maximum Gasteiger partial charge on any atom is 0.427 e. The van der Waals surface area contributed by atoms with Crippen LogP contribution >= 0.6 is 11.3 Å². The van der Waals surface area contributed by atoms with Crippen LogP contribution < -0.4 is 4.90 Å². The van der Waals surface area contributed by atoms with Gasteiger partial charge in [0, 0.05) is 38.3 Å². The summed E-state index contributed by atoms with van der Waals surface area (Å²) in [5.74, 6) is 0.819. The van der Waals surface area contributed by atoms with Crippen molar-refractivity contribution in [2.24, 2.45) is 0 Å². The maximum absolute atomic E-state index is 12.6. The number of alkyl halides is 3. The molecule has 1 fully saturated rings. The van der Waals surface area contributed by atoms with E-state index in [1.807, 2.05) is 18.7 Å². The molecule has 0 spiro atoms. The Morgan fingerprint density at radius 3 is 2.43 bits per heavy atom. The molecule has 0 radical (unpaired) electrons. The number of hydrogen-bond donors (Lipinski definition) is 0. The number of rotatable bonds is 3. The molecule has 5 nitrogen and oxygen atoms in total. The van der Waals surface area contributed by atoms with Gasteiger partial charge in [-0.25, -0.2) is 4.98 Å². The van der Waals surface area contributed by atoms with E-state index in [0.29, 0.717) is 29.6 Å². The van der Waals surface area contributed by atoms with Gasteiger partial charge in [0.15, 0.2) is 5.13 Å². The molecule has 1 aliphatic rings. The van der Waals surface area contributed by atoms with Crippen LogP contribution in [0.25, 0.3) is 0 Å². The van der Waals surface area contributed by atoms with E-state index >= 15 is 0 Å². The van der Waals surface area contributed by atoms with E-state index < -0.39 is 11.1 Å². The number of halogens is 3. The Labute approximate surface area is 135 Å². The van der Waals surface area contributed by atoms with Gasteiger partial charge in [-0.3, -0.25) is 4.90 Å². The van der Waals surface area contributed by atoms with Crippen molar-refractivity contribution in [2.75, 3.05) is 31.1 Å². The largest absolute Gasteiger partial charge is 0.427 e. The molecule has 2 aromatic rings. The average molecular weight is 346 g/mol. The van der Waals surface area contributed by atoms with Crippen molar-refractivity contribution in [1.82, 2.24) is 15.0 Å². The predicted molar refractivity (Wildman–Crippen MR) is 80.6 cm³/mol. The highest BCUT2D eigenvalue weighted by atomic mass is 32.1. The van der Waals surface area contributed by atoms with Crippen molar-refractivity contribution in [2.45, 2.75) is 26.6 Å². The Kier molecular flexibility index (Phi) is 4.33. The van der Waals surface area contributed by atoms with Crippen LogP contribution in [0.4, 0.5) is 18.3 Å². The van der Waals surface area contributed by atoms with Crippen molar-refractivity contribution >= 4 is 16.5 Å². The molecule has 126 valence electrons. The fourth-order valence-corrected chi connectivity index (χ4v) is 3.43. The summed E-state index contributed by atoms with van der Waals surface area (Å²) < 4.78 is 43.1. The molecule has 23 heavy (non-hydrogen) atoms. The van der Waals surface area contributed by atoms with Gasteiger partial charge in [-0.2, -0.15) is 13.2 Å². The van der Waals surface area contributed by atoms with E-state index in [2.05, 4.69) is 15.0 Å². The summed E-state index contributed by atoms with van der Waals surface area (Å²) in [6, 6.07) is 0. The third kappa shape index (κ3) is 3.50. The number of aryl methyl sites for hydroxylation is 2. The van der Waals surface area contributed by atoms with Crippen molar-refractivity contribution < 1.29 is 17.7 Å². The summed E-state index contributed by atoms with van der Waals surface area (Å²) in [5, 5.41) is 4.38. The molecule has 3 heterocycles. The number of hydrogen-bond acceptors (Lipinski definition) is 6. The first-order valence-corrected chi connectivity index (χ1v) is 8.08. The quantitative estimate of drug-likeness (QED) is 0.855. The molecule has 0 N–H and O–H groups in total. The first kappa shape index (κ1) is 16.3. The van der Waals surface area contributed by atoms with E-state index in [1.165, 1.54) is 0 Å². The number of thiazole rings is 1. The van der Waals surface area contributed by atoms with Crippen LogP contribution in [0.5, 0.6) is 0 Å². The SMILES string of the molecule is Cc1noc(C)c1CN1CCN(c2ncc(C(F)(F)F)s2)CC1. The predicted octanol–water partition coefficient (Wildman–Crippen LogP) is 3.09. The van der Waals surface area contributed by atoms with E-state index in [9.17, 15) is 13.2 Å². The number of nitrogens with zero attached hydrogens (tertiary/aromatic N) is 4. The highest BCUT2D eigenvalue weighted by Crippen LogP contribution is 2.36. The van der Waals surface area contributed by atoms with Crippen LogP contribution in [0.3, 0.4) is 0 Å². The first-order valence-electron chi connectivity index (χ1n) is 7.26. The highest BCUT2D eigenvalue weighted by molar-refractivity contribution is 7.15. The summed E-state index contributed by atoms with van der Waals surface area (Å²) in [6.07, 6.45) is -3.41. The molecular weight excluding hydrogens is 329 g/mol. The molecule has 0 bridgehead atoms. The lowest BCUT2D eigenvalue weighted by Gasteiger charge is -2.34. The van der Waals surface area contributed by atoms with Crippen LogP contribution in [-0.4, -0.2) is 41.2 Å². The fraction of sp³-hybridized carbons (Fsp3) is 0.571. The lowest BCUT2D eigenvalue weighted by atomic mass is 10.2. The molecule has 0 saturated carbocycles. The van der Waals surface area contributed by atoms with Crippen molar-refractivity contribution in [3.8, 4) is 0 Å². The van der Waals surface area contributed by atoms with Gasteiger partial charge in [-0.1, -0.05) is 16.5 Å². The van der Waals surface area contributed by atoms with Crippen LogP contribution in [0.2, 0.25) is 0 Å². The van der Waals surface area contributed by atoms with Gasteiger partial charge in [-0.05, 0) is 13.8 Å². The summed E-state index contributed by atoms with van der Waals surface area (Å²) in [7, 11) is 0. The fourth-order valence-electron chi connectivity index (χ4n) is 2.59. The van der Waals surface area contributed by atoms with E-state index in [-0.39, 0.29) is 0 Å². The van der Waals surface area contributed by atoms with Gasteiger partial charge in [0.05, 0.1) is 11.9 Å². The second-order valence-electron chi connectivity index (χ2n) is 5.57. The second-order valence-corrected chi connectivity index (χ2v) is 6.58. The smallest absolute Gasteiger partial charge is 0.361 e. The standard InChI is InChI=1S/C14H17F3N4OS/c1-9-11(10(2)22-19-9)8-20-3-5-21(6-4-20)13-18-7-12(23-13)14(15,16)17/h7H,3-6,8H2,1-2H3. The van der Waals surface area contributed by atoms with Crippen LogP contribution in [0, 0.1) is 13.8 Å². The lowest BCUT2D eigenvalue weighted by Crippen LogP contribution is -2.46. The maximum atomic E-state index is 12.6. The molecule has 0 atom stereocenters. The van der Waals surface area contributed by atoms with Gasteiger partial charge in [0.1, 0.15) is 10.6 Å². The average Bonchev–Trinajstić information content (AvgIpc) is 3.10. The van der Waals surface area contributed by atoms with Crippen LogP contribution in [-0.2, 0) is 12.7 Å². The zero-order chi connectivity index (χ0) is 16.6. The Morgan fingerprint density at radius 1 is 1.22 bits per heavy atom. The number of aromatic nitrogens is 2.